The summed E-state index contributed by atoms with van der Waals surface area (Å²) < 4.78 is 5.27. The van der Waals surface area contributed by atoms with Crippen LogP contribution in [-0.4, -0.2) is 57.7 Å². The van der Waals surface area contributed by atoms with Crippen LogP contribution >= 0.6 is 0 Å². The Balaban J connectivity index is 2.76. The van der Waals surface area contributed by atoms with Crippen LogP contribution < -0.4 is 11.1 Å². The summed E-state index contributed by atoms with van der Waals surface area (Å²) in [7, 11) is 0. The smallest absolute Gasteiger partial charge is 0.410 e. The monoisotopic (exact) mass is 329 g/mol. The number of ether oxygens (including phenoxy) is 1. The van der Waals surface area contributed by atoms with E-state index in [4.69, 9.17) is 15.6 Å². The zero-order valence-corrected chi connectivity index (χ0v) is 14.4. The van der Waals surface area contributed by atoms with Crippen LogP contribution in [0, 0.1) is 0 Å². The number of nitrogens with one attached hydrogen (secondary N) is 1. The van der Waals surface area contributed by atoms with Crippen molar-refractivity contribution >= 4 is 18.0 Å². The molecule has 0 aliphatic carbocycles. The van der Waals surface area contributed by atoms with Gasteiger partial charge in [-0.15, -0.1) is 0 Å². The predicted octanol–water partition coefficient (Wildman–Crippen LogP) is 0.694. The standard InChI is InChI=1S/C15H27N3O5/c1-13(2,3)23-12(22)18-8-15(9-18,7-11(20)21)17-14(4,5)6-10(16)19/h17H,6-9H2,1-5H3,(H2,16,19)(H,20,21). The highest BCUT2D eigenvalue weighted by Gasteiger charge is 2.50. The van der Waals surface area contributed by atoms with Crippen molar-refractivity contribution in [2.24, 2.45) is 5.73 Å². The molecule has 4 N–H and O–H groups in total. The van der Waals surface area contributed by atoms with Crippen molar-refractivity contribution in [2.75, 3.05) is 13.1 Å². The highest BCUT2D eigenvalue weighted by molar-refractivity contribution is 5.75. The van der Waals surface area contributed by atoms with Crippen molar-refractivity contribution in [3.05, 3.63) is 0 Å². The Labute approximate surface area is 136 Å². The number of rotatable bonds is 6. The van der Waals surface area contributed by atoms with E-state index in [1.165, 1.54) is 4.90 Å². The van der Waals surface area contributed by atoms with E-state index in [1.807, 2.05) is 0 Å². The molecule has 1 rings (SSSR count). The van der Waals surface area contributed by atoms with Gasteiger partial charge >= 0.3 is 12.1 Å². The number of primary amides is 1. The second-order valence-corrected chi connectivity index (χ2v) is 7.84. The quantitative estimate of drug-likeness (QED) is 0.659. The average Bonchev–Trinajstić information content (AvgIpc) is 2.18. The SMILES string of the molecule is CC(C)(CC(N)=O)NC1(CC(=O)O)CN(C(=O)OC(C)(C)C)C1. The van der Waals surface area contributed by atoms with Gasteiger partial charge in [-0.2, -0.15) is 0 Å². The first-order valence-corrected chi connectivity index (χ1v) is 7.51. The molecule has 1 saturated heterocycles. The molecule has 0 aromatic carbocycles. The number of nitrogens with two attached hydrogens (primary N) is 1. The second-order valence-electron chi connectivity index (χ2n) is 7.84. The fourth-order valence-corrected chi connectivity index (χ4v) is 2.86. The van der Waals surface area contributed by atoms with Crippen molar-refractivity contribution in [1.29, 1.82) is 0 Å². The molecular weight excluding hydrogens is 302 g/mol. The number of carbonyl (C=O) groups is 3. The van der Waals surface area contributed by atoms with Crippen molar-refractivity contribution in [2.45, 2.75) is 64.1 Å². The molecular formula is C15H27N3O5. The number of carboxylic acids is 1. The van der Waals surface area contributed by atoms with E-state index in [0.717, 1.165) is 0 Å². The fraction of sp³-hybridized carbons (Fsp3) is 0.800. The van der Waals surface area contributed by atoms with Crippen LogP contribution in [0.3, 0.4) is 0 Å². The molecule has 0 bridgehead atoms. The molecule has 8 nitrogen and oxygen atoms in total. The van der Waals surface area contributed by atoms with Crippen molar-refractivity contribution < 1.29 is 24.2 Å². The van der Waals surface area contributed by atoms with E-state index in [2.05, 4.69) is 5.32 Å². The summed E-state index contributed by atoms with van der Waals surface area (Å²) in [6, 6.07) is 0. The summed E-state index contributed by atoms with van der Waals surface area (Å²) in [6.07, 6.45) is -0.567. The van der Waals surface area contributed by atoms with E-state index in [9.17, 15) is 14.4 Å². The Morgan fingerprint density at radius 2 is 1.74 bits per heavy atom. The normalized spacial score (nSPS) is 17.3. The third kappa shape index (κ3) is 6.05. The number of likely N-dealkylation sites (tertiary alicyclic amines) is 1. The number of hydrogen-bond acceptors (Lipinski definition) is 5. The van der Waals surface area contributed by atoms with Gasteiger partial charge in [0.15, 0.2) is 0 Å². The first-order valence-electron chi connectivity index (χ1n) is 7.51. The van der Waals surface area contributed by atoms with E-state index in [-0.39, 0.29) is 25.9 Å². The van der Waals surface area contributed by atoms with Gasteiger partial charge in [0.25, 0.3) is 0 Å². The first kappa shape index (κ1) is 19.2. The fourth-order valence-electron chi connectivity index (χ4n) is 2.86. The molecule has 0 aromatic heterocycles. The van der Waals surface area contributed by atoms with Gasteiger partial charge < -0.3 is 25.8 Å². The molecule has 1 aliphatic heterocycles. The molecule has 1 fully saturated rings. The minimum atomic E-state index is -0.976. The lowest BCUT2D eigenvalue weighted by Gasteiger charge is -2.52. The Hall–Kier alpha value is -1.83. The second kappa shape index (κ2) is 6.35. The summed E-state index contributed by atoms with van der Waals surface area (Å²) in [5.41, 5.74) is 3.16. The number of carbonyl (C=O) groups excluding carboxylic acids is 2. The summed E-state index contributed by atoms with van der Waals surface area (Å²) in [4.78, 5) is 35.8. The average molecular weight is 329 g/mol. The van der Waals surface area contributed by atoms with Crippen LogP contribution in [-0.2, 0) is 14.3 Å². The van der Waals surface area contributed by atoms with Crippen molar-refractivity contribution in [3.8, 4) is 0 Å². The number of hydrogen-bond donors (Lipinski definition) is 3. The van der Waals surface area contributed by atoms with E-state index in [1.54, 1.807) is 34.6 Å². The van der Waals surface area contributed by atoms with Crippen LogP contribution in [0.1, 0.15) is 47.5 Å². The molecule has 0 atom stereocenters. The van der Waals surface area contributed by atoms with Gasteiger partial charge in [-0.25, -0.2) is 4.79 Å². The summed E-state index contributed by atoms with van der Waals surface area (Å²) in [5.74, 6) is -1.45. The minimum absolute atomic E-state index is 0.0702. The first-order chi connectivity index (χ1) is 10.2. The van der Waals surface area contributed by atoms with Crippen LogP contribution in [0.5, 0.6) is 0 Å². The van der Waals surface area contributed by atoms with Gasteiger partial charge in [0.2, 0.25) is 5.91 Å². The summed E-state index contributed by atoms with van der Waals surface area (Å²) in [5, 5.41) is 12.3. The van der Waals surface area contributed by atoms with E-state index >= 15 is 0 Å². The Kier molecular flexibility index (Phi) is 5.30. The number of aliphatic carboxylic acids is 1. The van der Waals surface area contributed by atoms with Gasteiger partial charge in [-0.05, 0) is 34.6 Å². The molecule has 23 heavy (non-hydrogen) atoms. The Bertz CT molecular complexity index is 490. The highest BCUT2D eigenvalue weighted by atomic mass is 16.6. The number of nitrogens with zero attached hydrogens (tertiary/aromatic N) is 1. The van der Waals surface area contributed by atoms with Crippen molar-refractivity contribution in [1.82, 2.24) is 10.2 Å². The van der Waals surface area contributed by atoms with Gasteiger partial charge in [-0.3, -0.25) is 9.59 Å². The lowest BCUT2D eigenvalue weighted by atomic mass is 9.82. The molecule has 0 saturated carbocycles. The predicted molar refractivity (Wildman–Crippen MR) is 83.8 cm³/mol. The van der Waals surface area contributed by atoms with Crippen LogP contribution in [0.4, 0.5) is 4.79 Å². The molecule has 0 spiro atoms. The van der Waals surface area contributed by atoms with Crippen LogP contribution in [0.15, 0.2) is 0 Å². The van der Waals surface area contributed by atoms with Gasteiger partial charge in [0.05, 0.1) is 12.0 Å². The highest BCUT2D eigenvalue weighted by Crippen LogP contribution is 2.29. The van der Waals surface area contributed by atoms with Gasteiger partial charge in [0, 0.05) is 25.0 Å². The molecule has 1 heterocycles. The maximum Gasteiger partial charge on any atom is 0.410 e. The summed E-state index contributed by atoms with van der Waals surface area (Å²) in [6.45, 7) is 9.26. The topological polar surface area (TPSA) is 122 Å². The van der Waals surface area contributed by atoms with E-state index in [0.29, 0.717) is 0 Å². The van der Waals surface area contributed by atoms with E-state index < -0.39 is 34.6 Å². The molecule has 1 aliphatic rings. The molecule has 132 valence electrons. The zero-order chi connectivity index (χ0) is 18.1. The van der Waals surface area contributed by atoms with Crippen molar-refractivity contribution in [3.63, 3.8) is 0 Å². The number of carboxylic acid groups (broad SMARTS) is 1. The number of amides is 2. The summed E-state index contributed by atoms with van der Waals surface area (Å²) >= 11 is 0. The third-order valence-electron chi connectivity index (χ3n) is 3.35. The maximum atomic E-state index is 12.0. The van der Waals surface area contributed by atoms with Gasteiger partial charge in [-0.1, -0.05) is 0 Å². The third-order valence-corrected chi connectivity index (χ3v) is 3.35. The zero-order valence-electron chi connectivity index (χ0n) is 14.4. The minimum Gasteiger partial charge on any atom is -0.481 e. The molecule has 0 aromatic rings. The Morgan fingerprint density at radius 1 is 1.22 bits per heavy atom. The molecule has 8 heteroatoms. The largest absolute Gasteiger partial charge is 0.481 e. The molecule has 0 radical (unpaired) electrons. The lowest BCUT2D eigenvalue weighted by Crippen LogP contribution is -2.74. The van der Waals surface area contributed by atoms with Crippen LogP contribution in [0.25, 0.3) is 0 Å². The molecule has 2 amide bonds. The van der Waals surface area contributed by atoms with Crippen LogP contribution in [0.2, 0.25) is 0 Å². The lowest BCUT2D eigenvalue weighted by molar-refractivity contribution is -0.141. The maximum absolute atomic E-state index is 12.0. The molecule has 0 unspecified atom stereocenters. The van der Waals surface area contributed by atoms with Gasteiger partial charge in [0.1, 0.15) is 5.60 Å². The Morgan fingerprint density at radius 3 is 2.13 bits per heavy atom.